The molecule has 0 radical (unpaired) electrons. The minimum absolute atomic E-state index is 0.00712. The van der Waals surface area contributed by atoms with Crippen LogP contribution in [0.15, 0.2) is 146 Å². The van der Waals surface area contributed by atoms with E-state index in [2.05, 4.69) is 37.2 Å². The second-order valence-electron chi connectivity index (χ2n) is 27.0. The molecular weight excluding hydrogens is 1220 g/mol. The van der Waals surface area contributed by atoms with E-state index in [4.69, 9.17) is 19.3 Å². The highest BCUT2D eigenvalue weighted by Gasteiger charge is 2.46. The third-order valence-electron chi connectivity index (χ3n) is 18.2. The van der Waals surface area contributed by atoms with Gasteiger partial charge in [-0.3, -0.25) is 19.2 Å². The summed E-state index contributed by atoms with van der Waals surface area (Å²) in [4.78, 5) is 106. The van der Waals surface area contributed by atoms with Crippen molar-refractivity contribution in [2.75, 3.05) is 53.4 Å². The van der Waals surface area contributed by atoms with Gasteiger partial charge in [0.15, 0.2) is 0 Å². The van der Waals surface area contributed by atoms with Crippen molar-refractivity contribution >= 4 is 80.2 Å². The molecule has 5 aliphatic rings. The first-order valence-corrected chi connectivity index (χ1v) is 32.6. The van der Waals surface area contributed by atoms with Crippen molar-refractivity contribution < 1.29 is 57.7 Å². The molecule has 3 unspecified atom stereocenters. The molecule has 6 aromatic carbocycles. The standard InChI is InChI=1S/C27H29N3O4.C26H30N2O4.C23H21N3O4/c1-27(2,3)34-26(33)18-11-9-17(10-12-18)15-30-20-8-6-5-7-19(20)23-21(30)13-14-29-22(31)16-28(4)25(32)24(23)29;1-5-31-25(30)23-22-19-8-6-7-9-20(19)28(21(22)14-15-27-23)16-17-10-12-18(13-11-17)24(29)32-26(2,3)4;1-24-13-19(27)25-11-10-18-20(21(25)22(24)28)16-4-2-3-5-17(16)26(18)12-14-6-8-15(9-7-14)23(29)30/h5-12,24H,13-16H2,1-4H3;6-13,23,27H,5,14-16H2,1-4H3;2-9,21H,10-13H2,1H3,(H,29,30). The number of carbonyl (C=O) groups excluding carboxylic acids is 7. The van der Waals surface area contributed by atoms with Crippen molar-refractivity contribution in [3.63, 3.8) is 0 Å². The van der Waals surface area contributed by atoms with E-state index in [-0.39, 0.29) is 60.2 Å². The highest BCUT2D eigenvalue weighted by atomic mass is 16.6. The molecule has 5 aliphatic heterocycles. The van der Waals surface area contributed by atoms with Crippen LogP contribution in [0.2, 0.25) is 0 Å². The van der Waals surface area contributed by atoms with E-state index in [0.29, 0.717) is 69.8 Å². The number of likely N-dealkylation sites (N-methyl/N-ethyl adjacent to an activating group) is 2. The number of benzene rings is 6. The van der Waals surface area contributed by atoms with Crippen LogP contribution < -0.4 is 5.32 Å². The second-order valence-corrected chi connectivity index (χ2v) is 27.0. The van der Waals surface area contributed by atoms with Gasteiger partial charge in [-0.2, -0.15) is 0 Å². The lowest BCUT2D eigenvalue weighted by atomic mass is 9.93. The molecule has 9 aromatic rings. The maximum Gasteiger partial charge on any atom is 0.338 e. The number of ether oxygens (including phenoxy) is 3. The molecule has 96 heavy (non-hydrogen) atoms. The molecule has 0 spiro atoms. The predicted octanol–water partition coefficient (Wildman–Crippen LogP) is 10.2. The predicted molar refractivity (Wildman–Crippen MR) is 362 cm³/mol. The van der Waals surface area contributed by atoms with Gasteiger partial charge < -0.3 is 57.9 Å². The van der Waals surface area contributed by atoms with Gasteiger partial charge in [-0.05, 0) is 120 Å². The van der Waals surface area contributed by atoms with E-state index in [1.165, 1.54) is 9.80 Å². The van der Waals surface area contributed by atoms with E-state index >= 15 is 0 Å². The minimum Gasteiger partial charge on any atom is -0.478 e. The number of nitrogens with zero attached hydrogens (tertiary/aromatic N) is 7. The summed E-state index contributed by atoms with van der Waals surface area (Å²) in [6.45, 7) is 17.2. The Bertz CT molecular complexity index is 4550. The molecule has 8 heterocycles. The van der Waals surface area contributed by atoms with Gasteiger partial charge in [0, 0.05) is 139 Å². The highest BCUT2D eigenvalue weighted by Crippen LogP contribution is 2.43. The second kappa shape index (κ2) is 26.5. The number of nitrogens with one attached hydrogen (secondary N) is 1. The van der Waals surface area contributed by atoms with Gasteiger partial charge >= 0.3 is 23.9 Å². The van der Waals surface area contributed by atoms with Gasteiger partial charge in [-0.1, -0.05) is 91.0 Å². The van der Waals surface area contributed by atoms with Crippen LogP contribution in [0.4, 0.5) is 0 Å². The Morgan fingerprint density at radius 2 is 0.844 bits per heavy atom. The summed E-state index contributed by atoms with van der Waals surface area (Å²) < 4.78 is 23.0. The number of aromatic nitrogens is 3. The molecular formula is C76H80N8O12. The van der Waals surface area contributed by atoms with Gasteiger partial charge in [0.25, 0.3) is 0 Å². The first-order chi connectivity index (χ1) is 45.9. The Morgan fingerprint density at radius 3 is 1.21 bits per heavy atom. The topological polar surface area (TPSA) is 224 Å². The van der Waals surface area contributed by atoms with Crippen LogP contribution >= 0.6 is 0 Å². The van der Waals surface area contributed by atoms with Crippen LogP contribution in [0, 0.1) is 0 Å². The van der Waals surface area contributed by atoms with E-state index < -0.39 is 35.3 Å². The zero-order chi connectivity index (χ0) is 68.1. The van der Waals surface area contributed by atoms with Crippen molar-refractivity contribution in [1.29, 1.82) is 0 Å². The van der Waals surface area contributed by atoms with Crippen LogP contribution in [0.3, 0.4) is 0 Å². The largest absolute Gasteiger partial charge is 0.478 e. The van der Waals surface area contributed by atoms with Crippen LogP contribution in [0.1, 0.15) is 148 Å². The Morgan fingerprint density at radius 1 is 0.490 bits per heavy atom. The molecule has 20 nitrogen and oxygen atoms in total. The minimum atomic E-state index is -0.949. The van der Waals surface area contributed by atoms with Crippen molar-refractivity contribution in [1.82, 2.24) is 38.6 Å². The lowest BCUT2D eigenvalue weighted by Gasteiger charge is -2.42. The number of carboxylic acids is 1. The van der Waals surface area contributed by atoms with Gasteiger partial charge in [0.05, 0.1) is 36.4 Å². The van der Waals surface area contributed by atoms with Crippen molar-refractivity contribution in [2.24, 2.45) is 0 Å². The number of esters is 3. The van der Waals surface area contributed by atoms with Crippen molar-refractivity contribution in [3.8, 4) is 0 Å². The first-order valence-electron chi connectivity index (χ1n) is 32.6. The molecule has 4 amide bonds. The molecule has 0 aliphatic carbocycles. The van der Waals surface area contributed by atoms with Gasteiger partial charge in [0.2, 0.25) is 23.6 Å². The number of amides is 4. The molecule has 0 saturated carbocycles. The molecule has 14 rings (SSSR count). The lowest BCUT2D eigenvalue weighted by molar-refractivity contribution is -0.155. The lowest BCUT2D eigenvalue weighted by Crippen LogP contribution is -2.56. The zero-order valence-corrected chi connectivity index (χ0v) is 55.6. The number of fused-ring (bicyclic) bond motifs is 13. The normalized spacial score (nSPS) is 17.5. The number of hydrogen-bond acceptors (Lipinski definition) is 12. The van der Waals surface area contributed by atoms with Crippen LogP contribution in [0.25, 0.3) is 32.7 Å². The smallest absolute Gasteiger partial charge is 0.338 e. The third-order valence-corrected chi connectivity index (χ3v) is 18.2. The molecule has 20 heteroatoms. The zero-order valence-electron chi connectivity index (χ0n) is 55.6. The maximum atomic E-state index is 13.2. The van der Waals surface area contributed by atoms with Crippen molar-refractivity contribution in [3.05, 3.63) is 213 Å². The van der Waals surface area contributed by atoms with E-state index in [1.54, 1.807) is 48.2 Å². The molecule has 2 saturated heterocycles. The Balaban J connectivity index is 0.000000138. The Kier molecular flexibility index (Phi) is 18.1. The fraction of sp³-hybridized carbons (Fsp3) is 0.342. The van der Waals surface area contributed by atoms with E-state index in [9.17, 15) is 38.4 Å². The number of para-hydroxylation sites is 3. The molecule has 2 N–H and O–H groups in total. The third kappa shape index (κ3) is 13.0. The number of carboxylic acid groups (broad SMARTS) is 1. The first kappa shape index (κ1) is 65.7. The molecule has 2 fully saturated rings. The summed E-state index contributed by atoms with van der Waals surface area (Å²) in [6.07, 6.45) is 2.20. The summed E-state index contributed by atoms with van der Waals surface area (Å²) >= 11 is 0. The number of hydrogen-bond donors (Lipinski definition) is 2. The Hall–Kier alpha value is -10.3. The molecule has 3 atom stereocenters. The van der Waals surface area contributed by atoms with Crippen molar-refractivity contribution in [2.45, 2.75) is 117 Å². The molecule has 0 bridgehead atoms. The van der Waals surface area contributed by atoms with Crippen LogP contribution in [-0.4, -0.2) is 151 Å². The quantitative estimate of drug-likeness (QED) is 0.0909. The fourth-order valence-corrected chi connectivity index (χ4v) is 14.0. The van der Waals surface area contributed by atoms with E-state index in [0.717, 1.165) is 89.6 Å². The van der Waals surface area contributed by atoms with Gasteiger partial charge in [-0.25, -0.2) is 19.2 Å². The van der Waals surface area contributed by atoms with Crippen LogP contribution in [0.5, 0.6) is 0 Å². The molecule has 496 valence electrons. The SMILES string of the molecule is CCOC(=O)C1NCCc2c1c1ccccc1n2Cc1ccc(C(=O)OC(C)(C)C)cc1.CN1CC(=O)N2CCc3c(c4ccccc4n3Cc3ccc(C(=O)O)cc3)C2C1=O.CN1CC(=O)N2CCc3c(c4ccccc4n3Cc3ccc(C(=O)OC(C)(C)C)cc3)C2C1=O. The van der Waals surface area contributed by atoms with Gasteiger partial charge in [-0.15, -0.1) is 0 Å². The van der Waals surface area contributed by atoms with E-state index in [1.807, 2.05) is 152 Å². The Labute approximate surface area is 556 Å². The summed E-state index contributed by atoms with van der Waals surface area (Å²) in [6, 6.07) is 44.4. The number of carbonyl (C=O) groups is 8. The molecule has 3 aromatic heterocycles. The van der Waals surface area contributed by atoms with Gasteiger partial charge in [0.1, 0.15) is 29.3 Å². The summed E-state index contributed by atoms with van der Waals surface area (Å²) in [7, 11) is 3.37. The number of piperazine rings is 2. The number of aromatic carboxylic acids is 1. The van der Waals surface area contributed by atoms with Crippen LogP contribution in [-0.2, 0) is 77.1 Å². The number of rotatable bonds is 11. The average molecular weight is 1300 g/mol. The average Bonchev–Trinajstić information content (AvgIpc) is 1.57. The maximum absolute atomic E-state index is 13.2. The summed E-state index contributed by atoms with van der Waals surface area (Å²) in [5.41, 5.74) is 12.7. The summed E-state index contributed by atoms with van der Waals surface area (Å²) in [5, 5.41) is 15.5. The summed E-state index contributed by atoms with van der Waals surface area (Å²) in [5.74, 6) is -1.97. The monoisotopic (exact) mass is 1300 g/mol. The fourth-order valence-electron chi connectivity index (χ4n) is 14.0. The highest BCUT2D eigenvalue weighted by molar-refractivity contribution is 6.02.